The van der Waals surface area contributed by atoms with Crippen LogP contribution in [0.25, 0.3) is 10.9 Å². The molecule has 2 rings (SSSR count). The highest BCUT2D eigenvalue weighted by Gasteiger charge is 2.36. The molecule has 0 saturated carbocycles. The SMILES string of the molecule is COc1ccc2c(NC(C)C)nc(C(F)(F)F)nc2c1OC. The highest BCUT2D eigenvalue weighted by molar-refractivity contribution is 5.95. The molecule has 1 aromatic heterocycles. The van der Waals surface area contributed by atoms with Gasteiger partial charge in [0.2, 0.25) is 5.82 Å². The Hall–Kier alpha value is -2.25. The summed E-state index contributed by atoms with van der Waals surface area (Å²) in [6.45, 7) is 3.61. The number of ether oxygens (including phenoxy) is 2. The van der Waals surface area contributed by atoms with Crippen LogP contribution in [0.4, 0.5) is 19.0 Å². The summed E-state index contributed by atoms with van der Waals surface area (Å²) >= 11 is 0. The maximum Gasteiger partial charge on any atom is 0.451 e. The van der Waals surface area contributed by atoms with Crippen molar-refractivity contribution in [3.8, 4) is 11.5 Å². The van der Waals surface area contributed by atoms with Gasteiger partial charge in [-0.25, -0.2) is 9.97 Å². The minimum absolute atomic E-state index is 0.0484. The number of anilines is 1. The first kappa shape index (κ1) is 16.1. The molecule has 0 aliphatic heterocycles. The summed E-state index contributed by atoms with van der Waals surface area (Å²) in [6.07, 6.45) is -4.66. The maximum atomic E-state index is 13.0. The predicted molar refractivity (Wildman–Crippen MR) is 76.4 cm³/mol. The Morgan fingerprint density at radius 2 is 1.77 bits per heavy atom. The second-order valence-electron chi connectivity index (χ2n) is 4.89. The summed E-state index contributed by atoms with van der Waals surface area (Å²) in [7, 11) is 2.75. The van der Waals surface area contributed by atoms with Gasteiger partial charge in [0.05, 0.1) is 14.2 Å². The molecule has 0 fully saturated rings. The molecular weight excluding hydrogens is 299 g/mol. The lowest BCUT2D eigenvalue weighted by Crippen LogP contribution is -2.17. The van der Waals surface area contributed by atoms with Crippen LogP contribution in [0.1, 0.15) is 19.7 Å². The van der Waals surface area contributed by atoms with Crippen LogP contribution in [0, 0.1) is 0 Å². The van der Waals surface area contributed by atoms with E-state index in [1.165, 1.54) is 14.2 Å². The Bertz CT molecular complexity index is 687. The van der Waals surface area contributed by atoms with Gasteiger partial charge in [-0.3, -0.25) is 0 Å². The minimum Gasteiger partial charge on any atom is -0.493 e. The number of aromatic nitrogens is 2. The van der Waals surface area contributed by atoms with Gasteiger partial charge in [0.15, 0.2) is 11.5 Å². The van der Waals surface area contributed by atoms with Gasteiger partial charge in [-0.15, -0.1) is 0 Å². The number of nitrogens with one attached hydrogen (secondary N) is 1. The van der Waals surface area contributed by atoms with Crippen LogP contribution in [0.2, 0.25) is 0 Å². The normalized spacial score (nSPS) is 11.8. The number of benzene rings is 1. The molecule has 0 bridgehead atoms. The van der Waals surface area contributed by atoms with Crippen molar-refractivity contribution in [1.82, 2.24) is 9.97 Å². The number of hydrogen-bond donors (Lipinski definition) is 1. The van der Waals surface area contributed by atoms with E-state index in [4.69, 9.17) is 9.47 Å². The van der Waals surface area contributed by atoms with E-state index >= 15 is 0 Å². The lowest BCUT2D eigenvalue weighted by Gasteiger charge is -2.16. The second kappa shape index (κ2) is 5.86. The van der Waals surface area contributed by atoms with Crippen molar-refractivity contribution in [2.24, 2.45) is 0 Å². The van der Waals surface area contributed by atoms with E-state index in [0.29, 0.717) is 11.1 Å². The molecule has 0 spiro atoms. The molecule has 22 heavy (non-hydrogen) atoms. The first-order valence-electron chi connectivity index (χ1n) is 6.54. The Labute approximate surface area is 125 Å². The average molecular weight is 315 g/mol. The molecular formula is C14H16F3N3O2. The average Bonchev–Trinajstić information content (AvgIpc) is 2.44. The first-order valence-corrected chi connectivity index (χ1v) is 6.54. The first-order chi connectivity index (χ1) is 10.3. The Balaban J connectivity index is 2.81. The van der Waals surface area contributed by atoms with E-state index in [1.54, 1.807) is 12.1 Å². The molecule has 0 radical (unpaired) electrons. The highest BCUT2D eigenvalue weighted by atomic mass is 19.4. The fourth-order valence-corrected chi connectivity index (χ4v) is 2.02. The van der Waals surface area contributed by atoms with Gasteiger partial charge in [-0.2, -0.15) is 13.2 Å². The van der Waals surface area contributed by atoms with Crippen LogP contribution in [-0.4, -0.2) is 30.2 Å². The largest absolute Gasteiger partial charge is 0.493 e. The molecule has 120 valence electrons. The summed E-state index contributed by atoms with van der Waals surface area (Å²) in [5.74, 6) is -0.681. The Morgan fingerprint density at radius 1 is 1.09 bits per heavy atom. The van der Waals surface area contributed by atoms with Crippen molar-refractivity contribution in [2.45, 2.75) is 26.1 Å². The number of alkyl halides is 3. The molecule has 0 aliphatic carbocycles. The summed E-state index contributed by atoms with van der Waals surface area (Å²) < 4.78 is 49.3. The Morgan fingerprint density at radius 3 is 2.27 bits per heavy atom. The van der Waals surface area contributed by atoms with E-state index in [2.05, 4.69) is 15.3 Å². The van der Waals surface area contributed by atoms with Crippen molar-refractivity contribution >= 4 is 16.7 Å². The van der Waals surface area contributed by atoms with Gasteiger partial charge in [-0.05, 0) is 26.0 Å². The van der Waals surface area contributed by atoms with E-state index in [0.717, 1.165) is 0 Å². The molecule has 5 nitrogen and oxygen atoms in total. The molecule has 0 atom stereocenters. The van der Waals surface area contributed by atoms with Gasteiger partial charge < -0.3 is 14.8 Å². The van der Waals surface area contributed by atoms with E-state index in [-0.39, 0.29) is 23.1 Å². The molecule has 8 heteroatoms. The number of fused-ring (bicyclic) bond motifs is 1. The summed E-state index contributed by atoms with van der Waals surface area (Å²) in [6, 6.07) is 3.11. The zero-order valence-corrected chi connectivity index (χ0v) is 12.6. The number of halogens is 3. The van der Waals surface area contributed by atoms with Crippen LogP contribution in [0.5, 0.6) is 11.5 Å². The minimum atomic E-state index is -4.66. The van der Waals surface area contributed by atoms with Gasteiger partial charge in [-0.1, -0.05) is 0 Å². The Kier molecular flexibility index (Phi) is 4.30. The fraction of sp³-hybridized carbons (Fsp3) is 0.429. The second-order valence-corrected chi connectivity index (χ2v) is 4.89. The molecule has 1 heterocycles. The van der Waals surface area contributed by atoms with E-state index in [1.807, 2.05) is 13.8 Å². The van der Waals surface area contributed by atoms with Crippen LogP contribution >= 0.6 is 0 Å². The van der Waals surface area contributed by atoms with E-state index < -0.39 is 12.0 Å². The molecule has 0 saturated heterocycles. The monoisotopic (exact) mass is 315 g/mol. The van der Waals surface area contributed by atoms with Crippen LogP contribution in [0.15, 0.2) is 12.1 Å². The van der Waals surface area contributed by atoms with Gasteiger partial charge in [0, 0.05) is 11.4 Å². The van der Waals surface area contributed by atoms with Crippen molar-refractivity contribution in [3.05, 3.63) is 18.0 Å². The van der Waals surface area contributed by atoms with Crippen molar-refractivity contribution < 1.29 is 22.6 Å². The summed E-state index contributed by atoms with van der Waals surface area (Å²) in [4.78, 5) is 7.21. The predicted octanol–water partition coefficient (Wildman–Crippen LogP) is 3.49. The molecule has 1 N–H and O–H groups in total. The zero-order valence-electron chi connectivity index (χ0n) is 12.6. The van der Waals surface area contributed by atoms with Gasteiger partial charge in [0.25, 0.3) is 0 Å². The lowest BCUT2D eigenvalue weighted by molar-refractivity contribution is -0.144. The lowest BCUT2D eigenvalue weighted by atomic mass is 10.2. The number of methoxy groups -OCH3 is 2. The number of hydrogen-bond acceptors (Lipinski definition) is 5. The van der Waals surface area contributed by atoms with Crippen molar-refractivity contribution in [3.63, 3.8) is 0 Å². The topological polar surface area (TPSA) is 56.3 Å². The van der Waals surface area contributed by atoms with Crippen LogP contribution < -0.4 is 14.8 Å². The molecule has 0 amide bonds. The third-order valence-electron chi connectivity index (χ3n) is 2.89. The third kappa shape index (κ3) is 3.00. The zero-order chi connectivity index (χ0) is 16.5. The van der Waals surface area contributed by atoms with Crippen molar-refractivity contribution in [2.75, 3.05) is 19.5 Å². The molecule has 0 unspecified atom stereocenters. The van der Waals surface area contributed by atoms with Gasteiger partial charge >= 0.3 is 6.18 Å². The maximum absolute atomic E-state index is 13.0. The summed E-state index contributed by atoms with van der Waals surface area (Å²) in [5, 5.41) is 3.33. The third-order valence-corrected chi connectivity index (χ3v) is 2.89. The molecule has 0 aliphatic rings. The molecule has 1 aromatic carbocycles. The quantitative estimate of drug-likeness (QED) is 0.936. The van der Waals surface area contributed by atoms with Crippen LogP contribution in [0.3, 0.4) is 0 Å². The van der Waals surface area contributed by atoms with Crippen LogP contribution in [-0.2, 0) is 6.18 Å². The van der Waals surface area contributed by atoms with Gasteiger partial charge in [0.1, 0.15) is 11.3 Å². The highest BCUT2D eigenvalue weighted by Crippen LogP contribution is 2.38. The number of nitrogens with zero attached hydrogens (tertiary/aromatic N) is 2. The van der Waals surface area contributed by atoms with Crippen molar-refractivity contribution in [1.29, 1.82) is 0 Å². The summed E-state index contributed by atoms with van der Waals surface area (Å²) in [5.41, 5.74) is 0.0484. The van der Waals surface area contributed by atoms with E-state index in [9.17, 15) is 13.2 Å². The fourth-order valence-electron chi connectivity index (χ4n) is 2.02. The molecule has 2 aromatic rings. The standard InChI is InChI=1S/C14H16F3N3O2/c1-7(2)18-12-8-5-6-9(21-3)11(22-4)10(8)19-13(20-12)14(15,16)17/h5-7H,1-4H3,(H,18,19,20). The number of rotatable bonds is 4. The smallest absolute Gasteiger partial charge is 0.451 e.